The predicted octanol–water partition coefficient (Wildman–Crippen LogP) is 2.43. The van der Waals surface area contributed by atoms with Crippen LogP contribution >= 0.6 is 0 Å². The Kier molecular flexibility index (Phi) is 5.28. The molecule has 130 valence electrons. The number of carbonyl (C=O) groups excluding carboxylic acids is 2. The van der Waals surface area contributed by atoms with E-state index >= 15 is 0 Å². The molecule has 5 nitrogen and oxygen atoms in total. The maximum atomic E-state index is 13.1. The first kappa shape index (κ1) is 17.0. The van der Waals surface area contributed by atoms with Crippen molar-refractivity contribution in [3.63, 3.8) is 0 Å². The van der Waals surface area contributed by atoms with E-state index in [2.05, 4.69) is 10.6 Å². The summed E-state index contributed by atoms with van der Waals surface area (Å²) in [4.78, 5) is 26.1. The Morgan fingerprint density at radius 3 is 2.64 bits per heavy atom. The number of rotatable bonds is 5. The Morgan fingerprint density at radius 1 is 1.12 bits per heavy atom. The Morgan fingerprint density at radius 2 is 1.88 bits per heavy atom. The molecule has 3 amide bonds. The van der Waals surface area contributed by atoms with Gasteiger partial charge in [0.05, 0.1) is 0 Å². The van der Waals surface area contributed by atoms with Gasteiger partial charge in [0, 0.05) is 19.6 Å². The molecule has 0 bridgehead atoms. The van der Waals surface area contributed by atoms with Crippen LogP contribution in [0.15, 0.2) is 54.6 Å². The number of urea groups is 1. The molecule has 1 atom stereocenters. The number of benzene rings is 2. The van der Waals surface area contributed by atoms with E-state index in [1.165, 1.54) is 12.1 Å². The quantitative estimate of drug-likeness (QED) is 0.877. The molecule has 0 aliphatic carbocycles. The normalized spacial score (nSPS) is 16.8. The highest BCUT2D eigenvalue weighted by molar-refractivity contribution is 5.88. The van der Waals surface area contributed by atoms with E-state index in [9.17, 15) is 14.0 Å². The minimum atomic E-state index is -0.517. The van der Waals surface area contributed by atoms with Gasteiger partial charge in [-0.1, -0.05) is 42.5 Å². The van der Waals surface area contributed by atoms with Crippen molar-refractivity contribution in [3.8, 4) is 0 Å². The van der Waals surface area contributed by atoms with E-state index in [0.29, 0.717) is 25.1 Å². The van der Waals surface area contributed by atoms with Gasteiger partial charge in [0.25, 0.3) is 0 Å². The highest BCUT2D eigenvalue weighted by Crippen LogP contribution is 2.15. The van der Waals surface area contributed by atoms with Crippen LogP contribution in [0.3, 0.4) is 0 Å². The molecule has 0 aromatic heterocycles. The molecule has 2 aromatic rings. The zero-order valence-corrected chi connectivity index (χ0v) is 13.7. The summed E-state index contributed by atoms with van der Waals surface area (Å²) in [5.74, 6) is -0.424. The van der Waals surface area contributed by atoms with Crippen molar-refractivity contribution in [1.29, 1.82) is 0 Å². The third kappa shape index (κ3) is 4.56. The Bertz CT molecular complexity index is 751. The van der Waals surface area contributed by atoms with Gasteiger partial charge in [0.1, 0.15) is 11.9 Å². The molecule has 6 heteroatoms. The molecular weight excluding hydrogens is 321 g/mol. The van der Waals surface area contributed by atoms with Crippen molar-refractivity contribution in [1.82, 2.24) is 15.5 Å². The lowest BCUT2D eigenvalue weighted by Gasteiger charge is -2.17. The number of halogens is 1. The zero-order chi connectivity index (χ0) is 17.6. The molecule has 1 heterocycles. The predicted molar refractivity (Wildman–Crippen MR) is 92.0 cm³/mol. The van der Waals surface area contributed by atoms with Gasteiger partial charge >= 0.3 is 6.03 Å². The smallest absolute Gasteiger partial charge is 0.315 e. The van der Waals surface area contributed by atoms with Crippen molar-refractivity contribution in [2.24, 2.45) is 0 Å². The third-order valence-corrected chi connectivity index (χ3v) is 4.16. The highest BCUT2D eigenvalue weighted by Gasteiger charge is 2.32. The summed E-state index contributed by atoms with van der Waals surface area (Å²) in [6.07, 6.45) is 0.582. The lowest BCUT2D eigenvalue weighted by atomic mass is 10.2. The number of amides is 3. The lowest BCUT2D eigenvalue weighted by molar-refractivity contribution is -0.129. The molecule has 0 radical (unpaired) electrons. The monoisotopic (exact) mass is 341 g/mol. The summed E-state index contributed by atoms with van der Waals surface area (Å²) in [5.41, 5.74) is 1.73. The van der Waals surface area contributed by atoms with Crippen molar-refractivity contribution in [3.05, 3.63) is 71.5 Å². The van der Waals surface area contributed by atoms with Crippen LogP contribution in [0.25, 0.3) is 0 Å². The van der Waals surface area contributed by atoms with Gasteiger partial charge < -0.3 is 15.5 Å². The highest BCUT2D eigenvalue weighted by atomic mass is 19.1. The number of likely N-dealkylation sites (tertiary alicyclic amines) is 1. The molecule has 1 saturated heterocycles. The van der Waals surface area contributed by atoms with Crippen LogP contribution in [0, 0.1) is 5.82 Å². The minimum Gasteiger partial charge on any atom is -0.336 e. The van der Waals surface area contributed by atoms with E-state index in [1.54, 1.807) is 17.0 Å². The van der Waals surface area contributed by atoms with Crippen molar-refractivity contribution >= 4 is 11.9 Å². The number of nitrogens with zero attached hydrogens (tertiary/aromatic N) is 1. The second kappa shape index (κ2) is 7.79. The fourth-order valence-corrected chi connectivity index (χ4v) is 2.87. The topological polar surface area (TPSA) is 61.4 Å². The molecule has 0 saturated carbocycles. The first-order valence-electron chi connectivity index (χ1n) is 8.23. The van der Waals surface area contributed by atoms with Crippen LogP contribution in [-0.2, 0) is 17.9 Å². The van der Waals surface area contributed by atoms with Crippen LogP contribution in [0.1, 0.15) is 17.5 Å². The molecule has 2 aromatic carbocycles. The average molecular weight is 341 g/mol. The Hall–Kier alpha value is -2.89. The largest absolute Gasteiger partial charge is 0.336 e. The number of carbonyl (C=O) groups is 2. The molecule has 0 spiro atoms. The van der Waals surface area contributed by atoms with Gasteiger partial charge in [-0.15, -0.1) is 0 Å². The van der Waals surface area contributed by atoms with Crippen LogP contribution in [-0.4, -0.2) is 29.4 Å². The first-order valence-corrected chi connectivity index (χ1v) is 8.23. The molecule has 1 fully saturated rings. The molecule has 1 aliphatic heterocycles. The Balaban J connectivity index is 1.48. The summed E-state index contributed by atoms with van der Waals surface area (Å²) in [6, 6.07) is 14.8. The summed E-state index contributed by atoms with van der Waals surface area (Å²) in [7, 11) is 0. The summed E-state index contributed by atoms with van der Waals surface area (Å²) in [5, 5.41) is 5.34. The first-order chi connectivity index (χ1) is 12.1. The van der Waals surface area contributed by atoms with Gasteiger partial charge in [-0.25, -0.2) is 9.18 Å². The second-order valence-electron chi connectivity index (χ2n) is 6.04. The fraction of sp³-hybridized carbons (Fsp3) is 0.263. The van der Waals surface area contributed by atoms with E-state index in [1.807, 2.05) is 30.3 Å². The van der Waals surface area contributed by atoms with Crippen LogP contribution < -0.4 is 10.6 Å². The minimum absolute atomic E-state index is 0.0789. The Labute approximate surface area is 145 Å². The standard InChI is InChI=1S/C19H20FN3O2/c20-16-8-4-7-15(11-16)12-21-19(25)22-17-9-10-23(18(17)24)13-14-5-2-1-3-6-14/h1-8,11,17H,9-10,12-13H2,(H2,21,22,25). The molecule has 1 aliphatic rings. The fourth-order valence-electron chi connectivity index (χ4n) is 2.87. The van der Waals surface area contributed by atoms with Crippen molar-refractivity contribution in [2.75, 3.05) is 6.54 Å². The summed E-state index contributed by atoms with van der Waals surface area (Å²) in [6.45, 7) is 1.36. The van der Waals surface area contributed by atoms with Crippen molar-refractivity contribution in [2.45, 2.75) is 25.6 Å². The summed E-state index contributed by atoms with van der Waals surface area (Å²) >= 11 is 0. The van der Waals surface area contributed by atoms with E-state index in [0.717, 1.165) is 5.56 Å². The van der Waals surface area contributed by atoms with E-state index in [-0.39, 0.29) is 18.3 Å². The maximum absolute atomic E-state index is 13.1. The molecule has 2 N–H and O–H groups in total. The van der Waals surface area contributed by atoms with Gasteiger partial charge in [-0.2, -0.15) is 0 Å². The van der Waals surface area contributed by atoms with Crippen LogP contribution in [0.5, 0.6) is 0 Å². The van der Waals surface area contributed by atoms with Crippen LogP contribution in [0.4, 0.5) is 9.18 Å². The zero-order valence-electron chi connectivity index (χ0n) is 13.7. The SMILES string of the molecule is O=C(NCc1cccc(F)c1)NC1CCN(Cc2ccccc2)C1=O. The number of hydrogen-bond donors (Lipinski definition) is 2. The van der Waals surface area contributed by atoms with E-state index in [4.69, 9.17) is 0 Å². The number of nitrogens with one attached hydrogen (secondary N) is 2. The third-order valence-electron chi connectivity index (χ3n) is 4.16. The average Bonchev–Trinajstić information content (AvgIpc) is 2.94. The van der Waals surface area contributed by atoms with Crippen molar-refractivity contribution < 1.29 is 14.0 Å². The summed E-state index contributed by atoms with van der Waals surface area (Å²) < 4.78 is 13.1. The van der Waals surface area contributed by atoms with Crippen LogP contribution in [0.2, 0.25) is 0 Å². The molecule has 25 heavy (non-hydrogen) atoms. The maximum Gasteiger partial charge on any atom is 0.315 e. The molecule has 3 rings (SSSR count). The molecule has 1 unspecified atom stereocenters. The number of hydrogen-bond acceptors (Lipinski definition) is 2. The van der Waals surface area contributed by atoms with Gasteiger partial charge in [-0.05, 0) is 29.7 Å². The van der Waals surface area contributed by atoms with E-state index < -0.39 is 12.1 Å². The van der Waals surface area contributed by atoms with Gasteiger partial charge in [0.15, 0.2) is 0 Å². The lowest BCUT2D eigenvalue weighted by Crippen LogP contribution is -2.45. The van der Waals surface area contributed by atoms with Gasteiger partial charge in [0.2, 0.25) is 5.91 Å². The van der Waals surface area contributed by atoms with Gasteiger partial charge in [-0.3, -0.25) is 4.79 Å². The molecular formula is C19H20FN3O2. The second-order valence-corrected chi connectivity index (χ2v) is 6.04.